The number of amides is 1. The molecule has 1 aliphatic rings. The third kappa shape index (κ3) is 5.80. The van der Waals surface area contributed by atoms with Crippen molar-refractivity contribution >= 4 is 23.2 Å². The summed E-state index contributed by atoms with van der Waals surface area (Å²) in [5.41, 5.74) is 0.373. The van der Waals surface area contributed by atoms with E-state index in [1.165, 1.54) is 0 Å². The molecule has 1 saturated heterocycles. The highest BCUT2D eigenvalue weighted by Gasteiger charge is 2.19. The summed E-state index contributed by atoms with van der Waals surface area (Å²) in [6.45, 7) is 3.28. The zero-order valence-electron chi connectivity index (χ0n) is 15.2. The lowest BCUT2D eigenvalue weighted by Gasteiger charge is -2.14. The van der Waals surface area contributed by atoms with E-state index in [-0.39, 0.29) is 12.0 Å². The minimum absolute atomic E-state index is 0.142. The highest BCUT2D eigenvalue weighted by molar-refractivity contribution is 7.09. The molecule has 1 amide bonds. The summed E-state index contributed by atoms with van der Waals surface area (Å²) in [7, 11) is 0. The molecule has 144 valence electrons. The van der Waals surface area contributed by atoms with E-state index >= 15 is 0 Å². The molecule has 1 N–H and O–H groups in total. The van der Waals surface area contributed by atoms with E-state index in [1.54, 1.807) is 42.5 Å². The number of esters is 1. The first-order chi connectivity index (χ1) is 13.1. The molecule has 2 aromatic rings. The van der Waals surface area contributed by atoms with Crippen LogP contribution < -0.4 is 10.1 Å². The smallest absolute Gasteiger partial charge is 0.338 e. The van der Waals surface area contributed by atoms with Gasteiger partial charge in [0.15, 0.2) is 6.10 Å². The van der Waals surface area contributed by atoms with Crippen LogP contribution in [0.5, 0.6) is 5.75 Å². The van der Waals surface area contributed by atoms with Crippen molar-refractivity contribution in [3.8, 4) is 5.75 Å². The zero-order valence-corrected chi connectivity index (χ0v) is 16.0. The molecular formula is C20H23NO5S. The summed E-state index contributed by atoms with van der Waals surface area (Å²) in [5.74, 6) is -0.198. The fourth-order valence-electron chi connectivity index (χ4n) is 2.67. The first-order valence-electron chi connectivity index (χ1n) is 8.97. The van der Waals surface area contributed by atoms with Gasteiger partial charge in [0.2, 0.25) is 0 Å². The molecule has 7 heteroatoms. The van der Waals surface area contributed by atoms with Crippen molar-refractivity contribution < 1.29 is 23.8 Å². The van der Waals surface area contributed by atoms with Crippen molar-refractivity contribution in [3.05, 3.63) is 52.2 Å². The van der Waals surface area contributed by atoms with Gasteiger partial charge in [-0.2, -0.15) is 0 Å². The van der Waals surface area contributed by atoms with Crippen LogP contribution >= 0.6 is 11.3 Å². The Morgan fingerprint density at radius 1 is 1.30 bits per heavy atom. The summed E-state index contributed by atoms with van der Waals surface area (Å²) in [6.07, 6.45) is 1.35. The molecule has 27 heavy (non-hydrogen) atoms. The van der Waals surface area contributed by atoms with Crippen LogP contribution in [0.25, 0.3) is 0 Å². The Morgan fingerprint density at radius 3 is 2.78 bits per heavy atom. The second-order valence-electron chi connectivity index (χ2n) is 6.32. The topological polar surface area (TPSA) is 73.9 Å². The second-order valence-corrected chi connectivity index (χ2v) is 7.35. The standard InChI is InChI=1S/C20H23NO5S/c1-14(19(22)21-12-18-5-3-11-27-18)26-20(23)15-6-8-16(9-7-15)25-13-17-4-2-10-24-17/h3,5-9,11,14,17H,2,4,10,12-13H2,1H3,(H,21,22). The van der Waals surface area contributed by atoms with Gasteiger partial charge in [0.1, 0.15) is 12.4 Å². The predicted octanol–water partition coefficient (Wildman–Crippen LogP) is 3.17. The van der Waals surface area contributed by atoms with E-state index in [0.717, 1.165) is 24.3 Å². The monoisotopic (exact) mass is 389 g/mol. The maximum atomic E-state index is 12.2. The minimum atomic E-state index is -0.868. The van der Waals surface area contributed by atoms with Gasteiger partial charge in [0.25, 0.3) is 5.91 Å². The van der Waals surface area contributed by atoms with E-state index in [1.807, 2.05) is 17.5 Å². The lowest BCUT2D eigenvalue weighted by atomic mass is 10.2. The van der Waals surface area contributed by atoms with Crippen LogP contribution in [0.3, 0.4) is 0 Å². The predicted molar refractivity (Wildman–Crippen MR) is 102 cm³/mol. The van der Waals surface area contributed by atoms with Crippen molar-refractivity contribution in [1.29, 1.82) is 0 Å². The van der Waals surface area contributed by atoms with E-state index in [0.29, 0.717) is 24.5 Å². The van der Waals surface area contributed by atoms with Crippen LogP contribution in [0.1, 0.15) is 35.0 Å². The Bertz CT molecular complexity index is 738. The van der Waals surface area contributed by atoms with Gasteiger partial charge in [-0.15, -0.1) is 11.3 Å². The summed E-state index contributed by atoms with van der Waals surface area (Å²) in [5, 5.41) is 4.70. The highest BCUT2D eigenvalue weighted by atomic mass is 32.1. The van der Waals surface area contributed by atoms with Crippen molar-refractivity contribution in [2.24, 2.45) is 0 Å². The first-order valence-corrected chi connectivity index (χ1v) is 9.85. The number of thiophene rings is 1. The molecule has 1 aromatic carbocycles. The third-order valence-electron chi connectivity index (χ3n) is 4.22. The number of carbonyl (C=O) groups excluding carboxylic acids is 2. The Balaban J connectivity index is 1.44. The number of ether oxygens (including phenoxy) is 3. The van der Waals surface area contributed by atoms with Crippen LogP contribution in [0.4, 0.5) is 0 Å². The van der Waals surface area contributed by atoms with Gasteiger partial charge in [0.05, 0.1) is 18.2 Å². The van der Waals surface area contributed by atoms with Crippen LogP contribution in [-0.4, -0.2) is 37.3 Å². The molecule has 6 nitrogen and oxygen atoms in total. The maximum absolute atomic E-state index is 12.2. The Hall–Kier alpha value is -2.38. The van der Waals surface area contributed by atoms with Gasteiger partial charge in [-0.1, -0.05) is 6.07 Å². The molecule has 0 aliphatic carbocycles. The zero-order chi connectivity index (χ0) is 19.1. The van der Waals surface area contributed by atoms with Crippen molar-refractivity contribution in [2.75, 3.05) is 13.2 Å². The van der Waals surface area contributed by atoms with E-state index in [2.05, 4.69) is 5.32 Å². The van der Waals surface area contributed by atoms with Crippen LogP contribution in [-0.2, 0) is 20.8 Å². The molecule has 0 saturated carbocycles. The average Bonchev–Trinajstić information content (AvgIpc) is 3.38. The van der Waals surface area contributed by atoms with Gasteiger partial charge >= 0.3 is 5.97 Å². The summed E-state index contributed by atoms with van der Waals surface area (Å²) < 4.78 is 16.4. The molecule has 1 aliphatic heterocycles. The Morgan fingerprint density at radius 2 is 2.11 bits per heavy atom. The molecule has 2 unspecified atom stereocenters. The van der Waals surface area contributed by atoms with Crippen molar-refractivity contribution in [1.82, 2.24) is 5.32 Å². The SMILES string of the molecule is CC(OC(=O)c1ccc(OCC2CCCO2)cc1)C(=O)NCc1cccs1. The molecule has 2 atom stereocenters. The minimum Gasteiger partial charge on any atom is -0.491 e. The normalized spacial score (nSPS) is 17.3. The van der Waals surface area contributed by atoms with Crippen molar-refractivity contribution in [2.45, 2.75) is 38.5 Å². The van der Waals surface area contributed by atoms with Gasteiger partial charge < -0.3 is 19.5 Å². The molecule has 1 aromatic heterocycles. The maximum Gasteiger partial charge on any atom is 0.338 e. The number of benzene rings is 1. The molecule has 0 radical (unpaired) electrons. The molecule has 3 rings (SSSR count). The Kier molecular flexibility index (Phi) is 6.84. The molecule has 2 heterocycles. The molecule has 1 fully saturated rings. The highest BCUT2D eigenvalue weighted by Crippen LogP contribution is 2.17. The number of nitrogens with one attached hydrogen (secondary N) is 1. The second kappa shape index (κ2) is 9.53. The van der Waals surface area contributed by atoms with Crippen LogP contribution in [0.15, 0.2) is 41.8 Å². The summed E-state index contributed by atoms with van der Waals surface area (Å²) in [4.78, 5) is 25.3. The third-order valence-corrected chi connectivity index (χ3v) is 5.10. The summed E-state index contributed by atoms with van der Waals surface area (Å²) >= 11 is 1.56. The van der Waals surface area contributed by atoms with Gasteiger partial charge in [-0.25, -0.2) is 4.79 Å². The largest absolute Gasteiger partial charge is 0.491 e. The summed E-state index contributed by atoms with van der Waals surface area (Å²) in [6, 6.07) is 10.5. The average molecular weight is 389 g/mol. The van der Waals surface area contributed by atoms with Gasteiger partial charge in [-0.05, 0) is 55.5 Å². The number of carbonyl (C=O) groups is 2. The molecular weight excluding hydrogens is 366 g/mol. The lowest BCUT2D eigenvalue weighted by Crippen LogP contribution is -2.35. The first kappa shape index (κ1) is 19.4. The van der Waals surface area contributed by atoms with E-state index in [4.69, 9.17) is 14.2 Å². The van der Waals surface area contributed by atoms with Crippen molar-refractivity contribution in [3.63, 3.8) is 0 Å². The van der Waals surface area contributed by atoms with E-state index in [9.17, 15) is 9.59 Å². The Labute approximate surface area is 162 Å². The number of hydrogen-bond acceptors (Lipinski definition) is 6. The van der Waals surface area contributed by atoms with Crippen LogP contribution in [0, 0.1) is 0 Å². The molecule has 0 bridgehead atoms. The quantitative estimate of drug-likeness (QED) is 0.702. The van der Waals surface area contributed by atoms with E-state index < -0.39 is 12.1 Å². The fourth-order valence-corrected chi connectivity index (χ4v) is 3.31. The molecule has 0 spiro atoms. The number of hydrogen-bond donors (Lipinski definition) is 1. The lowest BCUT2D eigenvalue weighted by molar-refractivity contribution is -0.129. The van der Waals surface area contributed by atoms with Gasteiger partial charge in [-0.3, -0.25) is 4.79 Å². The number of rotatable bonds is 8. The van der Waals surface area contributed by atoms with Gasteiger partial charge in [0, 0.05) is 11.5 Å². The van der Waals surface area contributed by atoms with Crippen LogP contribution in [0.2, 0.25) is 0 Å². The fraction of sp³-hybridized carbons (Fsp3) is 0.400.